The van der Waals surface area contributed by atoms with Crippen LogP contribution in [0.3, 0.4) is 0 Å². The average Bonchev–Trinajstić information content (AvgIpc) is 3.21. The number of nitrogens with one attached hydrogen (secondary N) is 1. The molecule has 0 aliphatic rings. The molecule has 0 saturated carbocycles. The smallest absolute Gasteiger partial charge is 0.105 e. The minimum absolute atomic E-state index is 0.655. The van der Waals surface area contributed by atoms with Gasteiger partial charge in [-0.1, -0.05) is 12.1 Å². The Morgan fingerprint density at radius 1 is 1.26 bits per heavy atom. The van der Waals surface area contributed by atoms with Crippen LogP contribution in [0.1, 0.15) is 16.9 Å². The number of nitrogens with zero attached hydrogens (tertiary/aromatic N) is 3. The molecule has 0 atom stereocenters. The van der Waals surface area contributed by atoms with Gasteiger partial charge < -0.3 is 9.73 Å². The van der Waals surface area contributed by atoms with Gasteiger partial charge in [0.05, 0.1) is 23.6 Å². The summed E-state index contributed by atoms with van der Waals surface area (Å²) in [5.41, 5.74) is 3.76. The molecular formula is C18H18N4O. The minimum Gasteiger partial charge on any atom is -0.469 e. The maximum Gasteiger partial charge on any atom is 0.105 e. The zero-order valence-corrected chi connectivity index (χ0v) is 13.0. The van der Waals surface area contributed by atoms with E-state index < -0.39 is 0 Å². The first-order chi connectivity index (χ1) is 11.3. The molecule has 0 aliphatic carbocycles. The lowest BCUT2D eigenvalue weighted by molar-refractivity contribution is 0.499. The van der Waals surface area contributed by atoms with Gasteiger partial charge in [0.15, 0.2) is 0 Å². The molecule has 0 bridgehead atoms. The summed E-state index contributed by atoms with van der Waals surface area (Å²) >= 11 is 0. The molecule has 1 aromatic carbocycles. The summed E-state index contributed by atoms with van der Waals surface area (Å²) in [6.07, 6.45) is 4.58. The molecule has 3 aromatic rings. The molecule has 5 nitrogen and oxygen atoms in total. The van der Waals surface area contributed by atoms with E-state index in [2.05, 4.69) is 16.5 Å². The summed E-state index contributed by atoms with van der Waals surface area (Å²) in [6, 6.07) is 13.5. The first-order valence-corrected chi connectivity index (χ1v) is 7.52. The number of rotatable bonds is 6. The van der Waals surface area contributed by atoms with Crippen LogP contribution in [0.2, 0.25) is 0 Å². The van der Waals surface area contributed by atoms with E-state index in [1.54, 1.807) is 6.26 Å². The Kier molecular flexibility index (Phi) is 4.55. The van der Waals surface area contributed by atoms with E-state index in [1.807, 2.05) is 54.3 Å². The van der Waals surface area contributed by atoms with Crippen molar-refractivity contribution in [3.63, 3.8) is 0 Å². The molecule has 23 heavy (non-hydrogen) atoms. The van der Waals surface area contributed by atoms with E-state index in [0.717, 1.165) is 42.1 Å². The topological polar surface area (TPSA) is 66.8 Å². The van der Waals surface area contributed by atoms with Crippen molar-refractivity contribution >= 4 is 0 Å². The molecule has 0 aliphatic heterocycles. The highest BCUT2D eigenvalue weighted by Gasteiger charge is 2.10. The van der Waals surface area contributed by atoms with E-state index in [1.165, 1.54) is 0 Å². The first-order valence-electron chi connectivity index (χ1n) is 7.52. The summed E-state index contributed by atoms with van der Waals surface area (Å²) in [4.78, 5) is 0. The molecule has 0 fully saturated rings. The van der Waals surface area contributed by atoms with Gasteiger partial charge in [-0.05, 0) is 24.3 Å². The van der Waals surface area contributed by atoms with Crippen molar-refractivity contribution in [2.24, 2.45) is 7.05 Å². The quantitative estimate of drug-likeness (QED) is 0.711. The lowest BCUT2D eigenvalue weighted by Crippen LogP contribution is -2.16. The molecule has 1 N–H and O–H groups in total. The Morgan fingerprint density at radius 3 is 2.78 bits per heavy atom. The summed E-state index contributed by atoms with van der Waals surface area (Å²) < 4.78 is 7.14. The van der Waals surface area contributed by atoms with Gasteiger partial charge >= 0.3 is 0 Å². The molecule has 2 heterocycles. The summed E-state index contributed by atoms with van der Waals surface area (Å²) in [7, 11) is 1.92. The van der Waals surface area contributed by atoms with Crippen LogP contribution < -0.4 is 5.32 Å². The summed E-state index contributed by atoms with van der Waals surface area (Å²) in [5, 5.41) is 16.9. The van der Waals surface area contributed by atoms with E-state index in [-0.39, 0.29) is 0 Å². The minimum atomic E-state index is 0.655. The van der Waals surface area contributed by atoms with Crippen LogP contribution in [0.25, 0.3) is 11.3 Å². The Bertz CT molecular complexity index is 795. The van der Waals surface area contributed by atoms with Gasteiger partial charge in [-0.2, -0.15) is 10.4 Å². The Hall–Kier alpha value is -2.84. The van der Waals surface area contributed by atoms with Crippen molar-refractivity contribution in [3.05, 3.63) is 65.7 Å². The maximum atomic E-state index is 8.89. The van der Waals surface area contributed by atoms with Gasteiger partial charge in [-0.15, -0.1) is 0 Å². The summed E-state index contributed by atoms with van der Waals surface area (Å²) in [6.45, 7) is 1.58. The normalized spacial score (nSPS) is 10.6. The molecule has 3 rings (SSSR count). The number of aryl methyl sites for hydroxylation is 1. The van der Waals surface area contributed by atoms with E-state index in [0.29, 0.717) is 5.56 Å². The highest BCUT2D eigenvalue weighted by Crippen LogP contribution is 2.22. The van der Waals surface area contributed by atoms with Crippen molar-refractivity contribution < 1.29 is 4.42 Å². The van der Waals surface area contributed by atoms with Crippen molar-refractivity contribution in [2.75, 3.05) is 6.54 Å². The number of aromatic nitrogens is 2. The molecule has 0 radical (unpaired) electrons. The Morgan fingerprint density at radius 2 is 2.09 bits per heavy atom. The van der Waals surface area contributed by atoms with E-state index >= 15 is 0 Å². The zero-order chi connectivity index (χ0) is 16.1. The third kappa shape index (κ3) is 3.68. The Labute approximate surface area is 135 Å². The number of hydrogen-bond acceptors (Lipinski definition) is 4. The van der Waals surface area contributed by atoms with Crippen molar-refractivity contribution in [1.29, 1.82) is 5.26 Å². The number of nitriles is 1. The van der Waals surface area contributed by atoms with Gasteiger partial charge in [0, 0.05) is 43.9 Å². The third-order valence-corrected chi connectivity index (χ3v) is 3.64. The standard InChI is InChI=1S/C18H18N4O/c1-22-13-16(12-20-9-8-17-3-2-10-23-17)18(21-22)15-6-4-14(11-19)5-7-15/h2-7,10,13,20H,8-9,12H2,1H3. The highest BCUT2D eigenvalue weighted by molar-refractivity contribution is 5.63. The fourth-order valence-electron chi connectivity index (χ4n) is 2.50. The van der Waals surface area contributed by atoms with E-state index in [4.69, 9.17) is 9.68 Å². The predicted octanol–water partition coefficient (Wildman–Crippen LogP) is 2.88. The van der Waals surface area contributed by atoms with Crippen molar-refractivity contribution in [3.8, 4) is 17.3 Å². The molecule has 0 saturated heterocycles. The van der Waals surface area contributed by atoms with Gasteiger partial charge in [0.2, 0.25) is 0 Å². The number of benzene rings is 1. The molecule has 0 amide bonds. The number of furan rings is 1. The second kappa shape index (κ2) is 6.95. The second-order valence-corrected chi connectivity index (χ2v) is 5.37. The van der Waals surface area contributed by atoms with Crippen molar-refractivity contribution in [1.82, 2.24) is 15.1 Å². The lowest BCUT2D eigenvalue weighted by Gasteiger charge is -2.05. The zero-order valence-electron chi connectivity index (χ0n) is 13.0. The fourth-order valence-corrected chi connectivity index (χ4v) is 2.50. The van der Waals surface area contributed by atoms with Crippen LogP contribution in [-0.4, -0.2) is 16.3 Å². The Balaban J connectivity index is 1.66. The fraction of sp³-hybridized carbons (Fsp3) is 0.222. The van der Waals surface area contributed by atoms with Crippen LogP contribution in [-0.2, 0) is 20.0 Å². The molecule has 5 heteroatoms. The maximum absolute atomic E-state index is 8.89. The van der Waals surface area contributed by atoms with Crippen LogP contribution in [0, 0.1) is 11.3 Å². The second-order valence-electron chi connectivity index (χ2n) is 5.37. The van der Waals surface area contributed by atoms with Crippen LogP contribution in [0.5, 0.6) is 0 Å². The summed E-state index contributed by atoms with van der Waals surface area (Å²) in [5.74, 6) is 0.982. The first kappa shape index (κ1) is 15.1. The SMILES string of the molecule is Cn1cc(CNCCc2ccco2)c(-c2ccc(C#N)cc2)n1. The van der Waals surface area contributed by atoms with E-state index in [9.17, 15) is 0 Å². The molecule has 0 unspecified atom stereocenters. The van der Waals surface area contributed by atoms with Crippen LogP contribution in [0.4, 0.5) is 0 Å². The largest absolute Gasteiger partial charge is 0.469 e. The van der Waals surface area contributed by atoms with Crippen molar-refractivity contribution in [2.45, 2.75) is 13.0 Å². The van der Waals surface area contributed by atoms with Gasteiger partial charge in [-0.25, -0.2) is 0 Å². The van der Waals surface area contributed by atoms with Crippen LogP contribution in [0.15, 0.2) is 53.3 Å². The highest BCUT2D eigenvalue weighted by atomic mass is 16.3. The van der Waals surface area contributed by atoms with Gasteiger partial charge in [0.25, 0.3) is 0 Å². The molecule has 116 valence electrons. The predicted molar refractivity (Wildman–Crippen MR) is 87.5 cm³/mol. The van der Waals surface area contributed by atoms with Crippen LogP contribution >= 0.6 is 0 Å². The van der Waals surface area contributed by atoms with Gasteiger partial charge in [0.1, 0.15) is 5.76 Å². The molecule has 2 aromatic heterocycles. The average molecular weight is 306 g/mol. The number of hydrogen-bond donors (Lipinski definition) is 1. The molecule has 0 spiro atoms. The monoisotopic (exact) mass is 306 g/mol. The lowest BCUT2D eigenvalue weighted by atomic mass is 10.1. The van der Waals surface area contributed by atoms with Gasteiger partial charge in [-0.3, -0.25) is 4.68 Å². The molecular weight excluding hydrogens is 288 g/mol. The third-order valence-electron chi connectivity index (χ3n) is 3.64.